The van der Waals surface area contributed by atoms with Gasteiger partial charge >= 0.3 is 5.97 Å². The van der Waals surface area contributed by atoms with Gasteiger partial charge in [-0.15, -0.1) is 0 Å². The predicted molar refractivity (Wildman–Crippen MR) is 110 cm³/mol. The molecule has 0 saturated heterocycles. The average molecular weight is 451 g/mol. The number of benzene rings is 2. The van der Waals surface area contributed by atoms with Gasteiger partial charge in [0.2, 0.25) is 0 Å². The van der Waals surface area contributed by atoms with Crippen LogP contribution in [0, 0.1) is 0 Å². The zero-order valence-electron chi connectivity index (χ0n) is 16.0. The quantitative estimate of drug-likeness (QED) is 0.333. The minimum atomic E-state index is -0.885. The number of aryl methyl sites for hydroxylation is 2. The Labute approximate surface area is 180 Å². The summed E-state index contributed by atoms with van der Waals surface area (Å²) in [5.74, 6) is -0.885. The molecule has 0 aliphatic heterocycles. The molecule has 0 radical (unpaired) electrons. The molecule has 0 fully saturated rings. The fraction of sp³-hybridized carbons (Fsp3) is 0.167. The van der Waals surface area contributed by atoms with Gasteiger partial charge in [-0.3, -0.25) is 0 Å². The Morgan fingerprint density at radius 3 is 2.38 bits per heavy atom. The van der Waals surface area contributed by atoms with Gasteiger partial charge in [-0.1, -0.05) is 30.3 Å². The van der Waals surface area contributed by atoms with E-state index >= 15 is 0 Å². The number of pyridine rings is 1. The van der Waals surface area contributed by atoms with E-state index in [0.717, 1.165) is 36.7 Å². The molecule has 0 saturated carbocycles. The SMILES string of the molecule is O=C(O)c1ccc2[nH]cc(CCCC[n+]3ccc(-c4ccccc4)cc3)c2c1.[Br-]. The number of aromatic carboxylic acids is 1. The predicted octanol–water partition coefficient (Wildman–Crippen LogP) is 1.85. The number of nitrogens with one attached hydrogen (secondary N) is 1. The van der Waals surface area contributed by atoms with E-state index in [-0.39, 0.29) is 17.0 Å². The van der Waals surface area contributed by atoms with Crippen LogP contribution < -0.4 is 21.5 Å². The van der Waals surface area contributed by atoms with E-state index in [4.69, 9.17) is 0 Å². The van der Waals surface area contributed by atoms with Crippen molar-refractivity contribution >= 4 is 16.9 Å². The minimum absolute atomic E-state index is 0. The fourth-order valence-corrected chi connectivity index (χ4v) is 3.56. The number of carboxylic acid groups (broad SMARTS) is 1. The van der Waals surface area contributed by atoms with E-state index in [9.17, 15) is 9.90 Å². The monoisotopic (exact) mass is 450 g/mol. The van der Waals surface area contributed by atoms with Crippen molar-refractivity contribution in [3.63, 3.8) is 0 Å². The highest BCUT2D eigenvalue weighted by atomic mass is 79.9. The van der Waals surface area contributed by atoms with E-state index in [2.05, 4.69) is 58.3 Å². The molecular weight excluding hydrogens is 428 g/mol. The molecule has 2 heterocycles. The van der Waals surface area contributed by atoms with Crippen LogP contribution in [-0.2, 0) is 13.0 Å². The summed E-state index contributed by atoms with van der Waals surface area (Å²) in [4.78, 5) is 14.4. The van der Waals surface area contributed by atoms with Gasteiger partial charge in [-0.25, -0.2) is 9.36 Å². The zero-order chi connectivity index (χ0) is 19.3. The molecule has 4 aromatic rings. The van der Waals surface area contributed by atoms with E-state index < -0.39 is 5.97 Å². The van der Waals surface area contributed by atoms with Crippen molar-refractivity contribution in [2.24, 2.45) is 0 Å². The van der Waals surface area contributed by atoms with Gasteiger partial charge in [-0.2, -0.15) is 0 Å². The second-order valence-corrected chi connectivity index (χ2v) is 7.03. The van der Waals surface area contributed by atoms with Crippen molar-refractivity contribution in [2.45, 2.75) is 25.8 Å². The number of halogens is 1. The van der Waals surface area contributed by atoms with Crippen molar-refractivity contribution < 1.29 is 31.4 Å². The highest BCUT2D eigenvalue weighted by Crippen LogP contribution is 2.22. The van der Waals surface area contributed by atoms with Gasteiger partial charge in [0.1, 0.15) is 6.54 Å². The number of unbranched alkanes of at least 4 members (excludes halogenated alkanes) is 1. The van der Waals surface area contributed by atoms with Crippen molar-refractivity contribution in [3.8, 4) is 11.1 Å². The lowest BCUT2D eigenvalue weighted by molar-refractivity contribution is -0.697. The molecule has 0 aliphatic carbocycles. The van der Waals surface area contributed by atoms with Crippen LogP contribution in [0.4, 0.5) is 0 Å². The van der Waals surface area contributed by atoms with Crippen LogP contribution >= 0.6 is 0 Å². The maximum atomic E-state index is 11.2. The molecule has 0 amide bonds. The molecule has 0 bridgehead atoms. The summed E-state index contributed by atoms with van der Waals surface area (Å²) < 4.78 is 2.21. The maximum absolute atomic E-state index is 11.2. The summed E-state index contributed by atoms with van der Waals surface area (Å²) in [5, 5.41) is 10.2. The van der Waals surface area contributed by atoms with Crippen LogP contribution in [0.15, 0.2) is 79.3 Å². The number of rotatable bonds is 7. The molecular formula is C24H23BrN2O2. The first-order chi connectivity index (χ1) is 13.7. The van der Waals surface area contributed by atoms with Crippen molar-refractivity contribution in [2.75, 3.05) is 0 Å². The minimum Gasteiger partial charge on any atom is -1.00 e. The summed E-state index contributed by atoms with van der Waals surface area (Å²) in [5.41, 5.74) is 4.97. The number of aromatic nitrogens is 2. The Morgan fingerprint density at radius 1 is 0.931 bits per heavy atom. The van der Waals surface area contributed by atoms with E-state index in [1.807, 2.05) is 18.3 Å². The molecule has 2 N–H and O–H groups in total. The number of fused-ring (bicyclic) bond motifs is 1. The summed E-state index contributed by atoms with van der Waals surface area (Å²) in [7, 11) is 0. The fourth-order valence-electron chi connectivity index (χ4n) is 3.56. The molecule has 0 unspecified atom stereocenters. The average Bonchev–Trinajstić information content (AvgIpc) is 3.14. The number of hydrogen-bond acceptors (Lipinski definition) is 1. The number of hydrogen-bond donors (Lipinski definition) is 2. The maximum Gasteiger partial charge on any atom is 0.335 e. The van der Waals surface area contributed by atoms with Crippen molar-refractivity contribution in [3.05, 3.63) is 90.4 Å². The molecule has 4 nitrogen and oxygen atoms in total. The number of carboxylic acids is 1. The summed E-state index contributed by atoms with van der Waals surface area (Å²) in [6.45, 7) is 0.970. The summed E-state index contributed by atoms with van der Waals surface area (Å²) >= 11 is 0. The van der Waals surface area contributed by atoms with Crippen LogP contribution in [0.3, 0.4) is 0 Å². The Hall–Kier alpha value is -2.92. The number of aromatic amines is 1. The Kier molecular flexibility index (Phi) is 6.83. The summed E-state index contributed by atoms with van der Waals surface area (Å²) in [6.07, 6.45) is 9.32. The van der Waals surface area contributed by atoms with Crippen LogP contribution in [0.2, 0.25) is 0 Å². The number of carbonyl (C=O) groups is 1. The molecule has 4 rings (SSSR count). The molecule has 2 aromatic carbocycles. The lowest BCUT2D eigenvalue weighted by atomic mass is 10.0. The highest BCUT2D eigenvalue weighted by Gasteiger charge is 2.09. The molecule has 0 aliphatic rings. The topological polar surface area (TPSA) is 57.0 Å². The van der Waals surface area contributed by atoms with E-state index in [0.29, 0.717) is 5.56 Å². The van der Waals surface area contributed by atoms with Gasteiger partial charge in [0.25, 0.3) is 0 Å². The highest BCUT2D eigenvalue weighted by molar-refractivity contribution is 5.94. The standard InChI is InChI=1S/C24H22N2O2.BrH/c27-24(28)20-9-10-23-22(16-20)21(17-25-23)8-4-5-13-26-14-11-19(12-15-26)18-6-2-1-3-7-18;/h1-3,6-7,9-12,14-17,25H,4-5,8,13H2;1H. The van der Waals surface area contributed by atoms with Gasteiger partial charge in [-0.05, 0) is 47.7 Å². The Bertz CT molecular complexity index is 1090. The van der Waals surface area contributed by atoms with Crippen molar-refractivity contribution in [1.82, 2.24) is 4.98 Å². The molecule has 0 spiro atoms. The summed E-state index contributed by atoms with van der Waals surface area (Å²) in [6, 6.07) is 19.9. The molecule has 5 heteroatoms. The molecule has 0 atom stereocenters. The number of nitrogens with zero attached hydrogens (tertiary/aromatic N) is 1. The van der Waals surface area contributed by atoms with Crippen LogP contribution in [0.5, 0.6) is 0 Å². The Balaban J connectivity index is 0.00000240. The first-order valence-corrected chi connectivity index (χ1v) is 9.58. The molecule has 29 heavy (non-hydrogen) atoms. The largest absolute Gasteiger partial charge is 1.00 e. The normalized spacial score (nSPS) is 10.6. The van der Waals surface area contributed by atoms with Crippen LogP contribution in [0.25, 0.3) is 22.0 Å². The van der Waals surface area contributed by atoms with Crippen LogP contribution in [-0.4, -0.2) is 16.1 Å². The zero-order valence-corrected chi connectivity index (χ0v) is 17.6. The first-order valence-electron chi connectivity index (χ1n) is 9.58. The number of H-pyrrole nitrogens is 1. The third-order valence-corrected chi connectivity index (χ3v) is 5.13. The second-order valence-electron chi connectivity index (χ2n) is 7.03. The van der Waals surface area contributed by atoms with E-state index in [1.54, 1.807) is 12.1 Å². The van der Waals surface area contributed by atoms with Gasteiger partial charge in [0.05, 0.1) is 5.56 Å². The third kappa shape index (κ3) is 4.93. The van der Waals surface area contributed by atoms with Gasteiger partial charge in [0.15, 0.2) is 12.4 Å². The van der Waals surface area contributed by atoms with E-state index in [1.165, 1.54) is 16.7 Å². The second kappa shape index (κ2) is 9.52. The van der Waals surface area contributed by atoms with Crippen LogP contribution in [0.1, 0.15) is 28.8 Å². The first kappa shape index (κ1) is 20.8. The Morgan fingerprint density at radius 2 is 1.66 bits per heavy atom. The molecule has 148 valence electrons. The molecule has 2 aromatic heterocycles. The third-order valence-electron chi connectivity index (χ3n) is 5.13. The van der Waals surface area contributed by atoms with Crippen molar-refractivity contribution in [1.29, 1.82) is 0 Å². The lowest BCUT2D eigenvalue weighted by Crippen LogP contribution is -3.00. The van der Waals surface area contributed by atoms with Gasteiger partial charge in [0, 0.05) is 35.7 Å². The smallest absolute Gasteiger partial charge is 0.335 e. The lowest BCUT2D eigenvalue weighted by Gasteiger charge is -2.02. The van der Waals surface area contributed by atoms with Gasteiger partial charge < -0.3 is 27.1 Å².